The first-order valence-corrected chi connectivity index (χ1v) is 9.28. The van der Waals surface area contributed by atoms with Gasteiger partial charge in [-0.25, -0.2) is 9.37 Å². The van der Waals surface area contributed by atoms with E-state index in [0.717, 1.165) is 38.8 Å². The molecule has 0 bridgehead atoms. The zero-order chi connectivity index (χ0) is 18.2. The third-order valence-electron chi connectivity index (χ3n) is 6.19. The Morgan fingerprint density at radius 2 is 2.00 bits per heavy atom. The van der Waals surface area contributed by atoms with Crippen molar-refractivity contribution < 1.29 is 9.50 Å². The second-order valence-electron chi connectivity index (χ2n) is 7.67. The molecule has 138 valence electrons. The Kier molecular flexibility index (Phi) is 4.40. The molecule has 0 amide bonds. The van der Waals surface area contributed by atoms with Crippen molar-refractivity contribution in [1.82, 2.24) is 14.9 Å². The third kappa shape index (κ3) is 2.87. The second-order valence-corrected chi connectivity index (χ2v) is 7.67. The number of nitrogens with one attached hydrogen (secondary N) is 1. The number of hydrogen-bond acceptors (Lipinski definition) is 4. The molecule has 6 heteroatoms. The first-order valence-electron chi connectivity index (χ1n) is 9.28. The van der Waals surface area contributed by atoms with E-state index in [-0.39, 0.29) is 17.5 Å². The van der Waals surface area contributed by atoms with E-state index in [1.54, 1.807) is 18.2 Å². The number of benzene rings is 1. The molecule has 2 aromatic rings. The molecule has 1 spiro atoms. The molecule has 1 aliphatic carbocycles. The highest BCUT2D eigenvalue weighted by atomic mass is 19.1. The average Bonchev–Trinajstić information content (AvgIpc) is 3.10. The summed E-state index contributed by atoms with van der Waals surface area (Å²) < 4.78 is 15.4. The maximum atomic E-state index is 13.9. The van der Waals surface area contributed by atoms with Crippen molar-refractivity contribution in [2.75, 3.05) is 13.1 Å². The molecule has 4 rings (SSSR count). The van der Waals surface area contributed by atoms with Crippen LogP contribution in [0.25, 0.3) is 11.3 Å². The van der Waals surface area contributed by atoms with Crippen molar-refractivity contribution in [2.24, 2.45) is 5.41 Å². The Labute approximate surface area is 151 Å². The zero-order valence-electron chi connectivity index (χ0n) is 14.7. The molecule has 0 radical (unpaired) electrons. The highest BCUT2D eigenvalue weighted by Gasteiger charge is 2.53. The lowest BCUT2D eigenvalue weighted by Crippen LogP contribution is -2.60. The number of rotatable bonds is 3. The molecule has 1 atom stereocenters. The van der Waals surface area contributed by atoms with Gasteiger partial charge in [0.15, 0.2) is 0 Å². The van der Waals surface area contributed by atoms with Gasteiger partial charge in [-0.1, -0.05) is 25.0 Å². The highest BCUT2D eigenvalue weighted by Crippen LogP contribution is 2.49. The number of nitrogens with zero attached hydrogens (tertiary/aromatic N) is 2. The van der Waals surface area contributed by atoms with Crippen LogP contribution in [0.3, 0.4) is 0 Å². The predicted octanol–water partition coefficient (Wildman–Crippen LogP) is 2.33. The van der Waals surface area contributed by atoms with Crippen LogP contribution in [0.5, 0.6) is 0 Å². The van der Waals surface area contributed by atoms with Crippen LogP contribution in [-0.2, 0) is 6.54 Å². The summed E-state index contributed by atoms with van der Waals surface area (Å²) in [6.07, 6.45) is 6.24. The summed E-state index contributed by atoms with van der Waals surface area (Å²) in [5.41, 5.74) is -0.727. The number of piperidine rings is 1. The van der Waals surface area contributed by atoms with Gasteiger partial charge in [-0.15, -0.1) is 0 Å². The van der Waals surface area contributed by atoms with Gasteiger partial charge in [-0.2, -0.15) is 0 Å². The minimum Gasteiger partial charge on any atom is -0.387 e. The number of hydrogen-bond donors (Lipinski definition) is 2. The van der Waals surface area contributed by atoms with Crippen molar-refractivity contribution in [1.29, 1.82) is 0 Å². The topological polar surface area (TPSA) is 67.2 Å². The lowest BCUT2D eigenvalue weighted by atomic mass is 9.66. The summed E-state index contributed by atoms with van der Waals surface area (Å²) in [5, 5.41) is 14.8. The van der Waals surface area contributed by atoms with Crippen LogP contribution < -0.4 is 10.9 Å². The largest absolute Gasteiger partial charge is 0.387 e. The smallest absolute Gasteiger partial charge is 0.253 e. The average molecular weight is 357 g/mol. The van der Waals surface area contributed by atoms with Crippen molar-refractivity contribution in [3.63, 3.8) is 0 Å². The molecule has 1 saturated heterocycles. The fourth-order valence-electron chi connectivity index (χ4n) is 4.64. The van der Waals surface area contributed by atoms with E-state index >= 15 is 0 Å². The van der Waals surface area contributed by atoms with Crippen molar-refractivity contribution in [3.05, 3.63) is 52.8 Å². The van der Waals surface area contributed by atoms with E-state index in [0.29, 0.717) is 17.7 Å². The van der Waals surface area contributed by atoms with Gasteiger partial charge in [0.05, 0.1) is 24.2 Å². The molecule has 1 aromatic heterocycles. The Bertz CT molecular complexity index is 860. The summed E-state index contributed by atoms with van der Waals surface area (Å²) in [5.74, 6) is -0.404. The van der Waals surface area contributed by atoms with Crippen molar-refractivity contribution in [2.45, 2.75) is 44.2 Å². The van der Waals surface area contributed by atoms with E-state index in [2.05, 4.69) is 10.3 Å². The fourth-order valence-corrected chi connectivity index (χ4v) is 4.64. The molecule has 5 nitrogen and oxygen atoms in total. The monoisotopic (exact) mass is 357 g/mol. The van der Waals surface area contributed by atoms with E-state index in [4.69, 9.17) is 0 Å². The Hall–Kier alpha value is -2.05. The molecule has 2 aliphatic rings. The van der Waals surface area contributed by atoms with Gasteiger partial charge in [0, 0.05) is 23.6 Å². The molecule has 2 N–H and O–H groups in total. The van der Waals surface area contributed by atoms with E-state index in [9.17, 15) is 14.3 Å². The van der Waals surface area contributed by atoms with Crippen LogP contribution in [0.15, 0.2) is 41.5 Å². The van der Waals surface area contributed by atoms with Crippen molar-refractivity contribution >= 4 is 0 Å². The standard InChI is InChI=1S/C20H24FN3O2/c21-16-6-2-1-5-15(16)17-11-18(25)24(14-23-17)13-20(26)9-10-22-12-19(20)7-3-4-8-19/h1-2,5-6,11,14,22,26H,3-4,7-10,12-13H2/t20-/m1/s1. The molecule has 1 aromatic carbocycles. The van der Waals surface area contributed by atoms with E-state index in [1.807, 2.05) is 0 Å². The first kappa shape index (κ1) is 17.4. The Morgan fingerprint density at radius 1 is 1.23 bits per heavy atom. The summed E-state index contributed by atoms with van der Waals surface area (Å²) >= 11 is 0. The van der Waals surface area contributed by atoms with Crippen LogP contribution in [0.4, 0.5) is 4.39 Å². The second kappa shape index (κ2) is 6.59. The third-order valence-corrected chi connectivity index (χ3v) is 6.19. The lowest BCUT2D eigenvalue weighted by molar-refractivity contribution is -0.115. The molecule has 0 unspecified atom stereocenters. The van der Waals surface area contributed by atoms with Crippen LogP contribution in [-0.4, -0.2) is 33.3 Å². The summed E-state index contributed by atoms with van der Waals surface area (Å²) in [6.45, 7) is 1.77. The maximum absolute atomic E-state index is 13.9. The molecule has 2 heterocycles. The van der Waals surface area contributed by atoms with Gasteiger partial charge in [-0.05, 0) is 37.9 Å². The van der Waals surface area contributed by atoms with Crippen LogP contribution in [0, 0.1) is 11.2 Å². The van der Waals surface area contributed by atoms with E-state index < -0.39 is 11.4 Å². The molecule has 1 aliphatic heterocycles. The number of aliphatic hydroxyl groups is 1. The summed E-state index contributed by atoms with van der Waals surface area (Å²) in [4.78, 5) is 16.9. The molecular weight excluding hydrogens is 333 g/mol. The summed E-state index contributed by atoms with van der Waals surface area (Å²) in [6, 6.07) is 7.63. The van der Waals surface area contributed by atoms with Gasteiger partial charge in [0.2, 0.25) is 0 Å². The summed E-state index contributed by atoms with van der Waals surface area (Å²) in [7, 11) is 0. The van der Waals surface area contributed by atoms with Gasteiger partial charge < -0.3 is 10.4 Å². The maximum Gasteiger partial charge on any atom is 0.253 e. The van der Waals surface area contributed by atoms with Gasteiger partial charge in [0.1, 0.15) is 5.82 Å². The van der Waals surface area contributed by atoms with Gasteiger partial charge in [-0.3, -0.25) is 9.36 Å². The zero-order valence-corrected chi connectivity index (χ0v) is 14.7. The number of halogens is 1. The highest BCUT2D eigenvalue weighted by molar-refractivity contribution is 5.58. The van der Waals surface area contributed by atoms with Gasteiger partial charge in [0.25, 0.3) is 5.56 Å². The van der Waals surface area contributed by atoms with Crippen LogP contribution in [0.1, 0.15) is 32.1 Å². The van der Waals surface area contributed by atoms with Crippen LogP contribution >= 0.6 is 0 Å². The molecule has 26 heavy (non-hydrogen) atoms. The molecular formula is C20H24FN3O2. The minimum atomic E-state index is -0.917. The SMILES string of the molecule is O=c1cc(-c2ccccc2F)ncn1C[C@]1(O)CCNCC12CCCC2. The van der Waals surface area contributed by atoms with Gasteiger partial charge >= 0.3 is 0 Å². The quantitative estimate of drug-likeness (QED) is 0.885. The Morgan fingerprint density at radius 3 is 2.73 bits per heavy atom. The minimum absolute atomic E-state index is 0.172. The molecule has 1 saturated carbocycles. The van der Waals surface area contributed by atoms with Crippen molar-refractivity contribution in [3.8, 4) is 11.3 Å². The van der Waals surface area contributed by atoms with E-state index in [1.165, 1.54) is 23.0 Å². The molecule has 2 fully saturated rings. The Balaban J connectivity index is 1.64. The van der Waals surface area contributed by atoms with Crippen LogP contribution in [0.2, 0.25) is 0 Å². The normalized spacial score (nSPS) is 24.8. The fraction of sp³-hybridized carbons (Fsp3) is 0.500. The lowest BCUT2D eigenvalue weighted by Gasteiger charge is -2.49. The predicted molar refractivity (Wildman–Crippen MR) is 97.2 cm³/mol. The number of aromatic nitrogens is 2. The first-order chi connectivity index (χ1) is 12.5.